The van der Waals surface area contributed by atoms with Crippen LogP contribution in [0.3, 0.4) is 0 Å². The third-order valence-corrected chi connectivity index (χ3v) is 4.06. The molecule has 4 aromatic rings. The Labute approximate surface area is 161 Å². The second-order valence-corrected chi connectivity index (χ2v) is 6.06. The Bertz CT molecular complexity index is 1070. The van der Waals surface area contributed by atoms with Gasteiger partial charge in [-0.15, -0.1) is 0 Å². The number of aromatic nitrogens is 3. The standard InChI is InChI=1S/C21H18N4O3/c1-27-17-6-2-3-7-18(17)28-21-10-9-15(13-22-21)24-20(26)12-16-14-25-11-5-4-8-19(25)23-16/h2-11,13-14H,12H2,1H3,(H,24,26). The van der Waals surface area contributed by atoms with Crippen molar-refractivity contribution in [2.45, 2.75) is 6.42 Å². The summed E-state index contributed by atoms with van der Waals surface area (Å²) in [5, 5.41) is 2.82. The van der Waals surface area contributed by atoms with Gasteiger partial charge < -0.3 is 19.2 Å². The molecule has 3 aromatic heterocycles. The molecule has 0 atom stereocenters. The van der Waals surface area contributed by atoms with Gasteiger partial charge in [-0.05, 0) is 30.3 Å². The Hall–Kier alpha value is -3.87. The van der Waals surface area contributed by atoms with Crippen LogP contribution in [0.5, 0.6) is 17.4 Å². The molecular formula is C21H18N4O3. The lowest BCUT2D eigenvalue weighted by Crippen LogP contribution is -2.14. The number of carbonyl (C=O) groups is 1. The number of ether oxygens (including phenoxy) is 2. The van der Waals surface area contributed by atoms with Gasteiger partial charge in [0, 0.05) is 18.5 Å². The molecule has 7 nitrogen and oxygen atoms in total. The van der Waals surface area contributed by atoms with Crippen molar-refractivity contribution in [3.8, 4) is 17.4 Å². The maximum Gasteiger partial charge on any atom is 0.230 e. The minimum Gasteiger partial charge on any atom is -0.493 e. The molecule has 7 heteroatoms. The van der Waals surface area contributed by atoms with E-state index in [4.69, 9.17) is 9.47 Å². The molecule has 1 amide bonds. The number of anilines is 1. The van der Waals surface area contributed by atoms with Crippen LogP contribution in [0.25, 0.3) is 5.65 Å². The van der Waals surface area contributed by atoms with Crippen LogP contribution in [0.2, 0.25) is 0 Å². The van der Waals surface area contributed by atoms with Crippen molar-refractivity contribution in [2.75, 3.05) is 12.4 Å². The van der Waals surface area contributed by atoms with Gasteiger partial charge in [0.25, 0.3) is 0 Å². The second-order valence-electron chi connectivity index (χ2n) is 6.06. The topological polar surface area (TPSA) is 77.8 Å². The minimum absolute atomic E-state index is 0.163. The molecule has 0 fully saturated rings. The Morgan fingerprint density at radius 1 is 1.07 bits per heavy atom. The molecule has 0 aliphatic rings. The number of amides is 1. The van der Waals surface area contributed by atoms with E-state index >= 15 is 0 Å². The molecule has 0 bridgehead atoms. The summed E-state index contributed by atoms with van der Waals surface area (Å²) < 4.78 is 12.9. The number of benzene rings is 1. The normalized spacial score (nSPS) is 10.6. The fraction of sp³-hybridized carbons (Fsp3) is 0.0952. The fourth-order valence-electron chi connectivity index (χ4n) is 2.77. The molecule has 0 saturated heterocycles. The van der Waals surface area contributed by atoms with Gasteiger partial charge in [0.2, 0.25) is 11.8 Å². The van der Waals surface area contributed by atoms with Crippen molar-refractivity contribution in [1.82, 2.24) is 14.4 Å². The zero-order valence-electron chi connectivity index (χ0n) is 15.2. The fourth-order valence-corrected chi connectivity index (χ4v) is 2.77. The molecule has 4 rings (SSSR count). The number of nitrogens with one attached hydrogen (secondary N) is 1. The van der Waals surface area contributed by atoms with Gasteiger partial charge in [-0.2, -0.15) is 0 Å². The average molecular weight is 374 g/mol. The summed E-state index contributed by atoms with van der Waals surface area (Å²) in [7, 11) is 1.58. The van der Waals surface area contributed by atoms with E-state index in [0.717, 1.165) is 5.65 Å². The van der Waals surface area contributed by atoms with Crippen LogP contribution < -0.4 is 14.8 Å². The smallest absolute Gasteiger partial charge is 0.230 e. The van der Waals surface area contributed by atoms with Crippen molar-refractivity contribution in [2.24, 2.45) is 0 Å². The summed E-state index contributed by atoms with van der Waals surface area (Å²) >= 11 is 0. The number of methoxy groups -OCH3 is 1. The average Bonchev–Trinajstić information content (AvgIpc) is 3.12. The van der Waals surface area contributed by atoms with E-state index in [1.165, 1.54) is 0 Å². The monoisotopic (exact) mass is 374 g/mol. The van der Waals surface area contributed by atoms with Gasteiger partial charge in [-0.25, -0.2) is 9.97 Å². The molecule has 0 radical (unpaired) electrons. The molecule has 0 saturated carbocycles. The summed E-state index contributed by atoms with van der Waals surface area (Å²) in [5.41, 5.74) is 2.10. The highest BCUT2D eigenvalue weighted by molar-refractivity contribution is 5.91. The second kappa shape index (κ2) is 7.79. The van der Waals surface area contributed by atoms with Crippen LogP contribution in [0, 0.1) is 0 Å². The highest BCUT2D eigenvalue weighted by Gasteiger charge is 2.09. The molecule has 1 aromatic carbocycles. The quantitative estimate of drug-likeness (QED) is 0.557. The molecule has 140 valence electrons. The van der Waals surface area contributed by atoms with Crippen molar-refractivity contribution in [3.05, 3.63) is 78.9 Å². The summed E-state index contributed by atoms with van der Waals surface area (Å²) in [6.07, 6.45) is 5.47. The Kier molecular flexibility index (Phi) is 4.88. The van der Waals surface area contributed by atoms with E-state index in [9.17, 15) is 4.79 Å². The summed E-state index contributed by atoms with van der Waals surface area (Å²) in [4.78, 5) is 20.9. The zero-order chi connectivity index (χ0) is 19.3. The van der Waals surface area contributed by atoms with Crippen molar-refractivity contribution in [1.29, 1.82) is 0 Å². The summed E-state index contributed by atoms with van der Waals surface area (Å²) in [6.45, 7) is 0. The number of hydrogen-bond acceptors (Lipinski definition) is 5. The Balaban J connectivity index is 1.39. The lowest BCUT2D eigenvalue weighted by molar-refractivity contribution is -0.115. The van der Waals surface area contributed by atoms with Crippen LogP contribution in [0.1, 0.15) is 5.69 Å². The number of carbonyl (C=O) groups excluding carboxylic acids is 1. The third kappa shape index (κ3) is 3.93. The van der Waals surface area contributed by atoms with Crippen molar-refractivity contribution >= 4 is 17.2 Å². The first-order valence-corrected chi connectivity index (χ1v) is 8.70. The van der Waals surface area contributed by atoms with Gasteiger partial charge in [-0.1, -0.05) is 18.2 Å². The number of para-hydroxylation sites is 2. The molecule has 0 unspecified atom stereocenters. The number of fused-ring (bicyclic) bond motifs is 1. The van der Waals surface area contributed by atoms with Gasteiger partial charge in [0.1, 0.15) is 5.65 Å². The predicted molar refractivity (Wildman–Crippen MR) is 105 cm³/mol. The van der Waals surface area contributed by atoms with Crippen LogP contribution >= 0.6 is 0 Å². The minimum atomic E-state index is -0.163. The lowest BCUT2D eigenvalue weighted by atomic mass is 10.3. The highest BCUT2D eigenvalue weighted by atomic mass is 16.5. The molecule has 28 heavy (non-hydrogen) atoms. The highest BCUT2D eigenvalue weighted by Crippen LogP contribution is 2.30. The molecule has 1 N–H and O–H groups in total. The SMILES string of the molecule is COc1ccccc1Oc1ccc(NC(=O)Cc2cn3ccccc3n2)cn1. The number of imidazole rings is 1. The summed E-state index contributed by atoms with van der Waals surface area (Å²) in [5.74, 6) is 1.43. The Morgan fingerprint density at radius 3 is 2.64 bits per heavy atom. The van der Waals surface area contributed by atoms with Crippen LogP contribution in [0.4, 0.5) is 5.69 Å². The number of rotatable bonds is 6. The largest absolute Gasteiger partial charge is 0.493 e. The maximum absolute atomic E-state index is 12.3. The number of nitrogens with zero attached hydrogens (tertiary/aromatic N) is 3. The van der Waals surface area contributed by atoms with Crippen LogP contribution in [0.15, 0.2) is 73.2 Å². The maximum atomic E-state index is 12.3. The van der Waals surface area contributed by atoms with Crippen LogP contribution in [-0.2, 0) is 11.2 Å². The molecule has 0 aliphatic carbocycles. The van der Waals surface area contributed by atoms with E-state index < -0.39 is 0 Å². The van der Waals surface area contributed by atoms with E-state index in [-0.39, 0.29) is 12.3 Å². The van der Waals surface area contributed by atoms with E-state index in [2.05, 4.69) is 15.3 Å². The molecule has 0 spiro atoms. The van der Waals surface area contributed by atoms with Gasteiger partial charge in [-0.3, -0.25) is 4.79 Å². The first-order valence-electron chi connectivity index (χ1n) is 8.70. The van der Waals surface area contributed by atoms with Gasteiger partial charge in [0.15, 0.2) is 11.5 Å². The van der Waals surface area contributed by atoms with E-state index in [1.54, 1.807) is 31.5 Å². The number of pyridine rings is 2. The summed E-state index contributed by atoms with van der Waals surface area (Å²) in [6, 6.07) is 16.5. The molecular weight excluding hydrogens is 356 g/mol. The van der Waals surface area contributed by atoms with Crippen LogP contribution in [-0.4, -0.2) is 27.4 Å². The third-order valence-electron chi connectivity index (χ3n) is 4.06. The van der Waals surface area contributed by atoms with Crippen molar-refractivity contribution < 1.29 is 14.3 Å². The lowest BCUT2D eigenvalue weighted by Gasteiger charge is -2.09. The first kappa shape index (κ1) is 17.5. The van der Waals surface area contributed by atoms with E-state index in [1.807, 2.05) is 53.2 Å². The Morgan fingerprint density at radius 2 is 1.89 bits per heavy atom. The van der Waals surface area contributed by atoms with Gasteiger partial charge in [0.05, 0.1) is 31.1 Å². The van der Waals surface area contributed by atoms with E-state index in [0.29, 0.717) is 28.8 Å². The van der Waals surface area contributed by atoms with Gasteiger partial charge >= 0.3 is 0 Å². The van der Waals surface area contributed by atoms with Crippen molar-refractivity contribution in [3.63, 3.8) is 0 Å². The molecule has 0 aliphatic heterocycles. The first-order chi connectivity index (χ1) is 13.7. The number of hydrogen-bond donors (Lipinski definition) is 1. The zero-order valence-corrected chi connectivity index (χ0v) is 15.2. The molecule has 3 heterocycles. The predicted octanol–water partition coefficient (Wildman–Crippen LogP) is 3.71.